The van der Waals surface area contributed by atoms with E-state index in [2.05, 4.69) is 29.4 Å². The van der Waals surface area contributed by atoms with E-state index in [1.54, 1.807) is 0 Å². The van der Waals surface area contributed by atoms with Gasteiger partial charge in [0.05, 0.1) is 0 Å². The first-order valence-corrected chi connectivity index (χ1v) is 7.23. The Morgan fingerprint density at radius 3 is 2.50 bits per heavy atom. The van der Waals surface area contributed by atoms with E-state index in [9.17, 15) is 9.18 Å². The monoisotopic (exact) mass is 304 g/mol. The zero-order valence-electron chi connectivity index (χ0n) is 12.9. The molecule has 0 saturated heterocycles. The molecule has 0 saturated carbocycles. The quantitative estimate of drug-likeness (QED) is 0.438. The molecule has 6 heteroatoms. The summed E-state index contributed by atoms with van der Waals surface area (Å²) < 4.78 is 12.8. The van der Waals surface area contributed by atoms with Crippen molar-refractivity contribution in [2.45, 2.75) is 13.8 Å². The molecule has 1 aromatic carbocycles. The first kappa shape index (κ1) is 17.7. The molecule has 118 valence electrons. The van der Waals surface area contributed by atoms with E-state index < -0.39 is 5.91 Å². The number of halogens is 1. The lowest BCUT2D eigenvalue weighted by molar-refractivity contribution is -0.112. The Labute approximate surface area is 130 Å². The maximum Gasteiger partial charge on any atom is 0.267 e. The smallest absolute Gasteiger partial charge is 0.267 e. The van der Waals surface area contributed by atoms with Gasteiger partial charge in [-0.3, -0.25) is 4.79 Å². The number of carbonyl (C=O) groups excluding carboxylic acids is 1. The van der Waals surface area contributed by atoms with Crippen molar-refractivity contribution in [1.29, 1.82) is 5.26 Å². The molecule has 0 aliphatic carbocycles. The van der Waals surface area contributed by atoms with Crippen LogP contribution in [0.5, 0.6) is 0 Å². The minimum Gasteiger partial charge on any atom is -0.388 e. The van der Waals surface area contributed by atoms with Crippen LogP contribution in [0, 0.1) is 17.1 Å². The Balaban J connectivity index is 2.52. The van der Waals surface area contributed by atoms with Crippen molar-refractivity contribution in [3.63, 3.8) is 0 Å². The number of anilines is 1. The van der Waals surface area contributed by atoms with Crippen LogP contribution in [0.25, 0.3) is 0 Å². The van der Waals surface area contributed by atoms with Gasteiger partial charge in [-0.25, -0.2) is 4.39 Å². The number of carbonyl (C=O) groups is 1. The number of amides is 1. The third kappa shape index (κ3) is 5.94. The topological polar surface area (TPSA) is 68.2 Å². The number of rotatable bonds is 8. The summed E-state index contributed by atoms with van der Waals surface area (Å²) in [6.45, 7) is 7.56. The lowest BCUT2D eigenvalue weighted by atomic mass is 10.2. The molecule has 0 radical (unpaired) electrons. The van der Waals surface area contributed by atoms with E-state index >= 15 is 0 Å². The molecule has 0 bridgehead atoms. The standard InChI is InChI=1S/C16H21FN4O/c1-3-21(4-2)10-9-19-12-13(11-18)16(22)20-15-7-5-14(17)6-8-15/h5-8,12,19H,3-4,9-10H2,1-2H3,(H,20,22)/b13-12-. The van der Waals surface area contributed by atoms with E-state index in [4.69, 9.17) is 5.26 Å². The number of nitriles is 1. The van der Waals surface area contributed by atoms with Gasteiger partial charge in [-0.05, 0) is 37.4 Å². The first-order chi connectivity index (χ1) is 10.6. The van der Waals surface area contributed by atoms with Gasteiger partial charge in [0.15, 0.2) is 0 Å². The summed E-state index contributed by atoms with van der Waals surface area (Å²) in [5, 5.41) is 14.5. The number of benzene rings is 1. The van der Waals surface area contributed by atoms with Crippen LogP contribution in [0.3, 0.4) is 0 Å². The largest absolute Gasteiger partial charge is 0.388 e. The predicted octanol–water partition coefficient (Wildman–Crippen LogP) is 2.10. The number of hydrogen-bond donors (Lipinski definition) is 2. The van der Waals surface area contributed by atoms with Gasteiger partial charge in [-0.2, -0.15) is 5.26 Å². The Kier molecular flexibility index (Phi) is 7.65. The van der Waals surface area contributed by atoms with Crippen molar-refractivity contribution >= 4 is 11.6 Å². The molecule has 22 heavy (non-hydrogen) atoms. The minimum absolute atomic E-state index is 0.0242. The van der Waals surface area contributed by atoms with E-state index in [1.807, 2.05) is 6.07 Å². The second-order valence-electron chi connectivity index (χ2n) is 4.61. The summed E-state index contributed by atoms with van der Waals surface area (Å²) in [5.74, 6) is -0.906. The van der Waals surface area contributed by atoms with Crippen molar-refractivity contribution < 1.29 is 9.18 Å². The van der Waals surface area contributed by atoms with E-state index in [-0.39, 0.29) is 11.4 Å². The van der Waals surface area contributed by atoms with E-state index in [0.29, 0.717) is 12.2 Å². The maximum absolute atomic E-state index is 12.8. The van der Waals surface area contributed by atoms with Gasteiger partial charge in [0, 0.05) is 25.0 Å². The summed E-state index contributed by atoms with van der Waals surface area (Å²) in [5.41, 5.74) is 0.416. The summed E-state index contributed by atoms with van der Waals surface area (Å²) in [4.78, 5) is 14.2. The predicted molar refractivity (Wildman–Crippen MR) is 84.5 cm³/mol. The fourth-order valence-corrected chi connectivity index (χ4v) is 1.82. The lowest BCUT2D eigenvalue weighted by Crippen LogP contribution is -2.30. The highest BCUT2D eigenvalue weighted by Crippen LogP contribution is 2.09. The van der Waals surface area contributed by atoms with Crippen LogP contribution < -0.4 is 10.6 Å². The zero-order chi connectivity index (χ0) is 16.4. The summed E-state index contributed by atoms with van der Waals surface area (Å²) in [6.07, 6.45) is 1.41. The number of nitrogens with one attached hydrogen (secondary N) is 2. The minimum atomic E-state index is -0.524. The number of likely N-dealkylation sites (N-methyl/N-ethyl adjacent to an activating group) is 1. The highest BCUT2D eigenvalue weighted by atomic mass is 19.1. The normalized spacial score (nSPS) is 11.1. The summed E-state index contributed by atoms with van der Waals surface area (Å²) >= 11 is 0. The highest BCUT2D eigenvalue weighted by Gasteiger charge is 2.09. The van der Waals surface area contributed by atoms with Gasteiger partial charge in [0.1, 0.15) is 17.5 Å². The molecule has 0 spiro atoms. The van der Waals surface area contributed by atoms with Crippen LogP contribution in [0.2, 0.25) is 0 Å². The molecular formula is C16H21FN4O. The molecule has 1 rings (SSSR count). The molecule has 1 amide bonds. The molecule has 1 aromatic rings. The van der Waals surface area contributed by atoms with Gasteiger partial charge < -0.3 is 15.5 Å². The van der Waals surface area contributed by atoms with Crippen molar-refractivity contribution in [3.05, 3.63) is 41.9 Å². The van der Waals surface area contributed by atoms with Crippen LogP contribution in [0.1, 0.15) is 13.8 Å². The average Bonchev–Trinajstić information content (AvgIpc) is 2.53. The third-order valence-electron chi connectivity index (χ3n) is 3.18. The van der Waals surface area contributed by atoms with Crippen molar-refractivity contribution in [2.75, 3.05) is 31.5 Å². The summed E-state index contributed by atoms with van der Waals surface area (Å²) in [6, 6.07) is 7.22. The zero-order valence-corrected chi connectivity index (χ0v) is 12.9. The van der Waals surface area contributed by atoms with Crippen molar-refractivity contribution in [3.8, 4) is 6.07 Å². The van der Waals surface area contributed by atoms with Crippen LogP contribution in [-0.2, 0) is 4.79 Å². The Hall–Kier alpha value is -2.39. The van der Waals surface area contributed by atoms with Crippen molar-refractivity contribution in [2.24, 2.45) is 0 Å². The maximum atomic E-state index is 12.8. The van der Waals surface area contributed by atoms with Crippen LogP contribution in [0.4, 0.5) is 10.1 Å². The van der Waals surface area contributed by atoms with Crippen LogP contribution in [0.15, 0.2) is 36.0 Å². The molecular weight excluding hydrogens is 283 g/mol. The van der Waals surface area contributed by atoms with Gasteiger partial charge in [-0.1, -0.05) is 13.8 Å². The molecule has 0 aromatic heterocycles. The average molecular weight is 304 g/mol. The van der Waals surface area contributed by atoms with E-state index in [0.717, 1.165) is 19.6 Å². The molecule has 0 heterocycles. The van der Waals surface area contributed by atoms with Gasteiger partial charge in [-0.15, -0.1) is 0 Å². The van der Waals surface area contributed by atoms with E-state index in [1.165, 1.54) is 30.5 Å². The highest BCUT2D eigenvalue weighted by molar-refractivity contribution is 6.06. The Morgan fingerprint density at radius 1 is 1.32 bits per heavy atom. The lowest BCUT2D eigenvalue weighted by Gasteiger charge is -2.17. The van der Waals surface area contributed by atoms with Gasteiger partial charge in [0.25, 0.3) is 5.91 Å². The number of hydrogen-bond acceptors (Lipinski definition) is 4. The number of nitrogens with zero attached hydrogens (tertiary/aromatic N) is 2. The molecule has 0 fully saturated rings. The molecule has 0 atom stereocenters. The van der Waals surface area contributed by atoms with Crippen molar-refractivity contribution in [1.82, 2.24) is 10.2 Å². The fraction of sp³-hybridized carbons (Fsp3) is 0.375. The summed E-state index contributed by atoms with van der Waals surface area (Å²) in [7, 11) is 0. The molecule has 2 N–H and O–H groups in total. The van der Waals surface area contributed by atoms with Crippen LogP contribution in [-0.4, -0.2) is 37.0 Å². The van der Waals surface area contributed by atoms with Crippen LogP contribution >= 0.6 is 0 Å². The van der Waals surface area contributed by atoms with Gasteiger partial charge >= 0.3 is 0 Å². The Morgan fingerprint density at radius 2 is 1.95 bits per heavy atom. The SMILES string of the molecule is CCN(CC)CCN/C=C(/C#N)C(=O)Nc1ccc(F)cc1. The molecule has 0 aliphatic heterocycles. The Bertz CT molecular complexity index is 544. The molecule has 5 nitrogen and oxygen atoms in total. The second kappa shape index (κ2) is 9.53. The second-order valence-corrected chi connectivity index (χ2v) is 4.61. The van der Waals surface area contributed by atoms with Gasteiger partial charge in [0.2, 0.25) is 0 Å². The molecule has 0 unspecified atom stereocenters. The fourth-order valence-electron chi connectivity index (χ4n) is 1.82. The first-order valence-electron chi connectivity index (χ1n) is 7.23. The molecule has 0 aliphatic rings. The third-order valence-corrected chi connectivity index (χ3v) is 3.18.